The van der Waals surface area contributed by atoms with Crippen LogP contribution in [0.15, 0.2) is 42.5 Å². The Hall–Kier alpha value is -2.64. The number of carbonyl (C=O) groups is 1. The fourth-order valence-corrected chi connectivity index (χ4v) is 5.12. The van der Waals surface area contributed by atoms with Gasteiger partial charge in [0.1, 0.15) is 5.82 Å². The minimum Gasteiger partial charge on any atom is -0.504 e. The molecule has 0 spiro atoms. The Morgan fingerprint density at radius 2 is 1.91 bits per heavy atom. The van der Waals surface area contributed by atoms with Crippen LogP contribution < -0.4 is 10.1 Å². The third kappa shape index (κ3) is 5.22. The summed E-state index contributed by atoms with van der Waals surface area (Å²) in [5.74, 6) is 0.920. The van der Waals surface area contributed by atoms with Crippen molar-refractivity contribution >= 4 is 11.6 Å². The molecule has 0 saturated carbocycles. The normalized spacial score (nSPS) is 22.7. The van der Waals surface area contributed by atoms with Crippen molar-refractivity contribution in [1.82, 2.24) is 9.80 Å². The second kappa shape index (κ2) is 9.88. The number of hydrogen-bond acceptors (Lipinski definition) is 5. The largest absolute Gasteiger partial charge is 0.504 e. The molecule has 0 radical (unpaired) electrons. The molecule has 0 bridgehead atoms. The molecule has 0 aliphatic carbocycles. The monoisotopic (exact) mass is 441 g/mol. The van der Waals surface area contributed by atoms with Crippen molar-refractivity contribution in [2.75, 3.05) is 39.1 Å². The molecule has 2 aliphatic rings. The summed E-state index contributed by atoms with van der Waals surface area (Å²) in [6, 6.07) is 11.9. The minimum absolute atomic E-state index is 0.0182. The summed E-state index contributed by atoms with van der Waals surface area (Å²) in [7, 11) is 3.68. The first-order chi connectivity index (χ1) is 15.4. The maximum Gasteiger partial charge on any atom is 0.228 e. The van der Waals surface area contributed by atoms with Gasteiger partial charge < -0.3 is 20.1 Å². The molecule has 172 valence electrons. The number of halogens is 1. The van der Waals surface area contributed by atoms with Crippen molar-refractivity contribution in [2.45, 2.75) is 31.8 Å². The molecule has 4 rings (SSSR count). The second-order valence-corrected chi connectivity index (χ2v) is 9.06. The molecule has 32 heavy (non-hydrogen) atoms. The summed E-state index contributed by atoms with van der Waals surface area (Å²) in [6.45, 7) is 3.63. The van der Waals surface area contributed by atoms with E-state index in [1.54, 1.807) is 25.3 Å². The number of ether oxygens (including phenoxy) is 1. The van der Waals surface area contributed by atoms with Crippen molar-refractivity contribution in [2.24, 2.45) is 11.8 Å². The lowest BCUT2D eigenvalue weighted by atomic mass is 9.86. The quantitative estimate of drug-likeness (QED) is 0.716. The summed E-state index contributed by atoms with van der Waals surface area (Å²) in [4.78, 5) is 17.5. The molecule has 7 heteroatoms. The number of phenols is 1. The van der Waals surface area contributed by atoms with Crippen molar-refractivity contribution in [1.29, 1.82) is 0 Å². The number of rotatable bonds is 6. The van der Waals surface area contributed by atoms with Crippen LogP contribution in [-0.4, -0.2) is 60.6 Å². The van der Waals surface area contributed by atoms with Crippen LogP contribution in [0, 0.1) is 17.7 Å². The number of nitrogens with one attached hydrogen (secondary N) is 1. The van der Waals surface area contributed by atoms with Gasteiger partial charge in [0, 0.05) is 24.8 Å². The van der Waals surface area contributed by atoms with Gasteiger partial charge in [0.25, 0.3) is 0 Å². The summed E-state index contributed by atoms with van der Waals surface area (Å²) in [6.07, 6.45) is 3.08. The van der Waals surface area contributed by atoms with E-state index >= 15 is 0 Å². The molecule has 2 atom stereocenters. The number of methoxy groups -OCH3 is 1. The van der Waals surface area contributed by atoms with E-state index in [-0.39, 0.29) is 23.4 Å². The topological polar surface area (TPSA) is 65.0 Å². The van der Waals surface area contributed by atoms with E-state index in [2.05, 4.69) is 22.2 Å². The highest BCUT2D eigenvalue weighted by Crippen LogP contribution is 2.34. The van der Waals surface area contributed by atoms with Gasteiger partial charge in [-0.25, -0.2) is 4.39 Å². The van der Waals surface area contributed by atoms with Crippen LogP contribution in [0.3, 0.4) is 0 Å². The van der Waals surface area contributed by atoms with Gasteiger partial charge in [-0.2, -0.15) is 0 Å². The van der Waals surface area contributed by atoms with E-state index in [1.165, 1.54) is 12.1 Å². The van der Waals surface area contributed by atoms with Gasteiger partial charge in [0.2, 0.25) is 5.91 Å². The molecular weight excluding hydrogens is 409 g/mol. The number of aromatic hydroxyl groups is 1. The van der Waals surface area contributed by atoms with E-state index in [1.807, 2.05) is 12.1 Å². The predicted octanol–water partition coefficient (Wildman–Crippen LogP) is 3.71. The number of anilines is 1. The van der Waals surface area contributed by atoms with Gasteiger partial charge in [0.15, 0.2) is 11.5 Å². The Morgan fingerprint density at radius 1 is 1.19 bits per heavy atom. The van der Waals surface area contributed by atoms with Gasteiger partial charge in [-0.15, -0.1) is 0 Å². The average Bonchev–Trinajstić information content (AvgIpc) is 3.19. The van der Waals surface area contributed by atoms with E-state index < -0.39 is 0 Å². The van der Waals surface area contributed by atoms with E-state index in [4.69, 9.17) is 4.74 Å². The van der Waals surface area contributed by atoms with Crippen molar-refractivity contribution < 1.29 is 19.0 Å². The highest BCUT2D eigenvalue weighted by Gasteiger charge is 2.39. The maximum atomic E-state index is 13.1. The molecule has 2 fully saturated rings. The molecule has 2 N–H and O–H groups in total. The van der Waals surface area contributed by atoms with Crippen molar-refractivity contribution in [3.63, 3.8) is 0 Å². The number of hydrogen-bond donors (Lipinski definition) is 2. The zero-order valence-electron chi connectivity index (χ0n) is 18.8. The van der Waals surface area contributed by atoms with Gasteiger partial charge in [-0.1, -0.05) is 6.07 Å². The van der Waals surface area contributed by atoms with Crippen LogP contribution in [0.2, 0.25) is 0 Å². The molecule has 2 heterocycles. The molecule has 2 saturated heterocycles. The zero-order valence-corrected chi connectivity index (χ0v) is 18.8. The summed E-state index contributed by atoms with van der Waals surface area (Å²) in [5, 5.41) is 12.7. The summed E-state index contributed by atoms with van der Waals surface area (Å²) >= 11 is 0. The molecule has 2 aliphatic heterocycles. The number of benzene rings is 2. The molecule has 2 aromatic carbocycles. The Balaban J connectivity index is 1.28. The summed E-state index contributed by atoms with van der Waals surface area (Å²) in [5.41, 5.74) is 1.77. The lowest BCUT2D eigenvalue weighted by Gasteiger charge is -2.37. The smallest absolute Gasteiger partial charge is 0.228 e. The molecule has 1 amide bonds. The zero-order chi connectivity index (χ0) is 22.7. The van der Waals surface area contributed by atoms with Crippen LogP contribution in [0.5, 0.6) is 11.5 Å². The SMILES string of the molecule is COc1cc(CN2CCC([C@H]3C[C@H](C(=O)Nc4ccc(F)cc4)CN3C)CC2)ccc1O. The lowest BCUT2D eigenvalue weighted by molar-refractivity contribution is -0.119. The van der Waals surface area contributed by atoms with Gasteiger partial charge in [0.05, 0.1) is 13.0 Å². The fourth-order valence-electron chi connectivity index (χ4n) is 5.12. The van der Waals surface area contributed by atoms with E-state index in [9.17, 15) is 14.3 Å². The first kappa shape index (κ1) is 22.6. The highest BCUT2D eigenvalue weighted by atomic mass is 19.1. The lowest BCUT2D eigenvalue weighted by Crippen LogP contribution is -2.41. The Morgan fingerprint density at radius 3 is 2.59 bits per heavy atom. The first-order valence-electron chi connectivity index (χ1n) is 11.3. The molecule has 6 nitrogen and oxygen atoms in total. The molecule has 2 aromatic rings. The van der Waals surface area contributed by atoms with Crippen LogP contribution in [0.4, 0.5) is 10.1 Å². The standard InChI is InChI=1S/C25H32FN3O3/c1-28-16-19(25(31)27-21-6-4-20(26)5-7-21)14-22(28)18-9-11-29(12-10-18)15-17-3-8-23(30)24(13-17)32-2/h3-8,13,18-19,22,30H,9-12,14-16H2,1-2H3,(H,27,31)/t19-,22+/m0/s1. The first-order valence-corrected chi connectivity index (χ1v) is 11.3. The number of piperidine rings is 1. The van der Waals surface area contributed by atoms with E-state index in [0.717, 1.165) is 51.0 Å². The molecular formula is C25H32FN3O3. The number of carbonyl (C=O) groups excluding carboxylic acids is 1. The van der Waals surface area contributed by atoms with Crippen molar-refractivity contribution in [3.8, 4) is 11.5 Å². The minimum atomic E-state index is -0.306. The molecule has 0 unspecified atom stereocenters. The summed E-state index contributed by atoms with van der Waals surface area (Å²) < 4.78 is 18.3. The fraction of sp³-hybridized carbons (Fsp3) is 0.480. The number of likely N-dealkylation sites (tertiary alicyclic amines) is 2. The average molecular weight is 442 g/mol. The van der Waals surface area contributed by atoms with Crippen LogP contribution in [-0.2, 0) is 11.3 Å². The Labute approximate surface area is 189 Å². The third-order valence-electron chi connectivity index (χ3n) is 6.91. The number of nitrogens with zero attached hydrogens (tertiary/aromatic N) is 2. The van der Waals surface area contributed by atoms with Gasteiger partial charge in [-0.3, -0.25) is 9.69 Å². The van der Waals surface area contributed by atoms with Gasteiger partial charge >= 0.3 is 0 Å². The maximum absolute atomic E-state index is 13.1. The number of amides is 1. The third-order valence-corrected chi connectivity index (χ3v) is 6.91. The highest BCUT2D eigenvalue weighted by molar-refractivity contribution is 5.92. The second-order valence-electron chi connectivity index (χ2n) is 9.06. The van der Waals surface area contributed by atoms with E-state index in [0.29, 0.717) is 23.4 Å². The Kier molecular flexibility index (Phi) is 6.96. The van der Waals surface area contributed by atoms with Crippen molar-refractivity contribution in [3.05, 3.63) is 53.8 Å². The van der Waals surface area contributed by atoms with Gasteiger partial charge in [-0.05, 0) is 87.3 Å². The van der Waals surface area contributed by atoms with Crippen LogP contribution >= 0.6 is 0 Å². The van der Waals surface area contributed by atoms with Crippen LogP contribution in [0.1, 0.15) is 24.8 Å². The Bertz CT molecular complexity index is 929. The molecule has 0 aromatic heterocycles. The number of phenolic OH excluding ortho intramolecular Hbond substituents is 1. The van der Waals surface area contributed by atoms with Crippen LogP contribution in [0.25, 0.3) is 0 Å². The predicted molar refractivity (Wildman–Crippen MR) is 122 cm³/mol.